The molecule has 1 aliphatic rings. The monoisotopic (exact) mass is 396 g/mol. The fraction of sp³-hybridized carbons (Fsp3) is 0.727. The van der Waals surface area contributed by atoms with Crippen molar-refractivity contribution in [2.45, 2.75) is 77.3 Å². The topological polar surface area (TPSA) is 77.4 Å². The summed E-state index contributed by atoms with van der Waals surface area (Å²) in [5.41, 5.74) is 0.683. The maximum absolute atomic E-state index is 10.5. The number of rotatable bonds is 12. The van der Waals surface area contributed by atoms with E-state index in [4.69, 9.17) is 18.9 Å². The number of ether oxygens (including phenoxy) is 4. The molecule has 28 heavy (non-hydrogen) atoms. The predicted molar refractivity (Wildman–Crippen MR) is 107 cm³/mol. The summed E-state index contributed by atoms with van der Waals surface area (Å²) in [5.74, 6) is -0.0464. The molecular formula is C22H36O6. The Morgan fingerprint density at radius 1 is 1.00 bits per heavy atom. The molecule has 1 heterocycles. The van der Waals surface area contributed by atoms with Crippen LogP contribution in [0.15, 0.2) is 30.3 Å². The van der Waals surface area contributed by atoms with E-state index < -0.39 is 24.8 Å². The molecule has 1 saturated heterocycles. The highest BCUT2D eigenvalue weighted by atomic mass is 16.7. The van der Waals surface area contributed by atoms with Gasteiger partial charge in [0.05, 0.1) is 18.8 Å². The van der Waals surface area contributed by atoms with Crippen molar-refractivity contribution in [2.75, 3.05) is 19.8 Å². The van der Waals surface area contributed by atoms with Gasteiger partial charge in [-0.1, -0.05) is 63.9 Å². The van der Waals surface area contributed by atoms with Crippen molar-refractivity contribution in [1.82, 2.24) is 0 Å². The van der Waals surface area contributed by atoms with Crippen LogP contribution in [0, 0.1) is 5.92 Å². The quantitative estimate of drug-likeness (QED) is 0.416. The zero-order valence-corrected chi connectivity index (χ0v) is 17.3. The molecule has 1 aliphatic heterocycles. The summed E-state index contributed by atoms with van der Waals surface area (Å²) in [4.78, 5) is 0. The summed E-state index contributed by atoms with van der Waals surface area (Å²) in [5, 5.41) is 20.8. The molecular weight excluding hydrogens is 360 g/mol. The Kier molecular flexibility index (Phi) is 10.4. The lowest BCUT2D eigenvalue weighted by atomic mass is 9.90. The number of unbranched alkanes of at least 4 members (excludes halogenated alkanes) is 2. The molecule has 0 bridgehead atoms. The number of aliphatic hydroxyl groups excluding tert-OH is 2. The highest BCUT2D eigenvalue weighted by molar-refractivity contribution is 5.15. The molecule has 160 valence electrons. The van der Waals surface area contributed by atoms with Gasteiger partial charge in [0.15, 0.2) is 12.6 Å². The molecule has 1 fully saturated rings. The van der Waals surface area contributed by atoms with E-state index in [1.807, 2.05) is 25.1 Å². The van der Waals surface area contributed by atoms with Crippen molar-refractivity contribution in [1.29, 1.82) is 0 Å². The van der Waals surface area contributed by atoms with Crippen molar-refractivity contribution in [3.05, 3.63) is 35.9 Å². The molecule has 6 nitrogen and oxygen atoms in total. The van der Waals surface area contributed by atoms with E-state index in [0.717, 1.165) is 25.7 Å². The van der Waals surface area contributed by atoms with E-state index >= 15 is 0 Å². The molecule has 0 aliphatic carbocycles. The van der Waals surface area contributed by atoms with Gasteiger partial charge in [0.1, 0.15) is 6.10 Å². The summed E-state index contributed by atoms with van der Waals surface area (Å²) < 4.78 is 23.4. The first-order valence-electron chi connectivity index (χ1n) is 10.5. The lowest BCUT2D eigenvalue weighted by Gasteiger charge is -2.43. The molecule has 0 aromatic heterocycles. The second-order valence-electron chi connectivity index (χ2n) is 7.40. The van der Waals surface area contributed by atoms with Gasteiger partial charge < -0.3 is 29.2 Å². The van der Waals surface area contributed by atoms with Gasteiger partial charge in [0, 0.05) is 24.7 Å². The van der Waals surface area contributed by atoms with Gasteiger partial charge >= 0.3 is 0 Å². The summed E-state index contributed by atoms with van der Waals surface area (Å²) >= 11 is 0. The molecule has 0 amide bonds. The Morgan fingerprint density at radius 2 is 1.61 bits per heavy atom. The fourth-order valence-corrected chi connectivity index (χ4v) is 3.30. The van der Waals surface area contributed by atoms with Crippen molar-refractivity contribution in [3.8, 4) is 0 Å². The molecule has 1 unspecified atom stereocenters. The summed E-state index contributed by atoms with van der Waals surface area (Å²) in [6.07, 6.45) is 0.625. The predicted octanol–water partition coefficient (Wildman–Crippen LogP) is 3.42. The normalized spacial score (nSPS) is 29.0. The second-order valence-corrected chi connectivity index (χ2v) is 7.40. The second kappa shape index (κ2) is 12.5. The van der Waals surface area contributed by atoms with Gasteiger partial charge in [-0.05, 0) is 12.8 Å². The number of benzene rings is 1. The van der Waals surface area contributed by atoms with Crippen molar-refractivity contribution in [3.63, 3.8) is 0 Å². The standard InChI is InChI=1S/C22H36O6/c1-4-6-13-25-19-16(3)18(28-22(24)20(19)26-14-7-5-2)15-27-21(23)17-11-9-8-10-12-17/h8-12,16,18-24H,4-7,13-15H2,1-3H3/t16-,18-,19+,20-,21?,22-/m1/s1. The van der Waals surface area contributed by atoms with Gasteiger partial charge in [-0.25, -0.2) is 0 Å². The van der Waals surface area contributed by atoms with Gasteiger partial charge in [-0.3, -0.25) is 0 Å². The van der Waals surface area contributed by atoms with Crippen LogP contribution >= 0.6 is 0 Å². The Balaban J connectivity index is 1.97. The average Bonchev–Trinajstić information content (AvgIpc) is 2.71. The summed E-state index contributed by atoms with van der Waals surface area (Å²) in [6, 6.07) is 9.19. The molecule has 6 heteroatoms. The molecule has 1 aromatic carbocycles. The molecule has 2 rings (SSSR count). The Morgan fingerprint density at radius 3 is 2.21 bits per heavy atom. The van der Waals surface area contributed by atoms with Crippen LogP contribution in [0.3, 0.4) is 0 Å². The van der Waals surface area contributed by atoms with Crippen LogP contribution in [0.4, 0.5) is 0 Å². The minimum absolute atomic E-state index is 0.0464. The first kappa shape index (κ1) is 23.3. The molecule has 0 saturated carbocycles. The summed E-state index contributed by atoms with van der Waals surface area (Å²) in [6.45, 7) is 7.57. The molecule has 0 spiro atoms. The van der Waals surface area contributed by atoms with Crippen molar-refractivity contribution >= 4 is 0 Å². The van der Waals surface area contributed by atoms with Gasteiger partial charge in [0.2, 0.25) is 0 Å². The van der Waals surface area contributed by atoms with E-state index in [0.29, 0.717) is 18.8 Å². The van der Waals surface area contributed by atoms with Crippen LogP contribution in [-0.2, 0) is 18.9 Å². The number of aliphatic hydroxyl groups is 2. The maximum atomic E-state index is 10.5. The third-order valence-electron chi connectivity index (χ3n) is 5.14. The largest absolute Gasteiger partial charge is 0.375 e. The van der Waals surface area contributed by atoms with Crippen molar-refractivity contribution in [2.24, 2.45) is 5.92 Å². The number of hydrogen-bond donors (Lipinski definition) is 2. The van der Waals surface area contributed by atoms with Crippen LogP contribution in [0.5, 0.6) is 0 Å². The first-order chi connectivity index (χ1) is 13.6. The van der Waals surface area contributed by atoms with Gasteiger partial charge in [0.25, 0.3) is 0 Å². The molecule has 1 aromatic rings. The van der Waals surface area contributed by atoms with E-state index in [1.54, 1.807) is 12.1 Å². The lowest BCUT2D eigenvalue weighted by Crippen LogP contribution is -2.57. The fourth-order valence-electron chi connectivity index (χ4n) is 3.30. The molecule has 6 atom stereocenters. The highest BCUT2D eigenvalue weighted by Crippen LogP contribution is 2.31. The Bertz CT molecular complexity index is 525. The van der Waals surface area contributed by atoms with Crippen LogP contribution in [0.25, 0.3) is 0 Å². The Hall–Kier alpha value is -1.02. The van der Waals surface area contributed by atoms with Crippen LogP contribution in [0.2, 0.25) is 0 Å². The Labute approximate surface area is 168 Å². The first-order valence-corrected chi connectivity index (χ1v) is 10.5. The van der Waals surface area contributed by atoms with E-state index in [9.17, 15) is 10.2 Å². The van der Waals surface area contributed by atoms with Gasteiger partial charge in [-0.2, -0.15) is 0 Å². The smallest absolute Gasteiger partial charge is 0.184 e. The highest BCUT2D eigenvalue weighted by Gasteiger charge is 2.44. The minimum Gasteiger partial charge on any atom is -0.375 e. The van der Waals surface area contributed by atoms with Crippen LogP contribution in [-0.4, -0.2) is 54.6 Å². The van der Waals surface area contributed by atoms with Crippen molar-refractivity contribution < 1.29 is 29.2 Å². The minimum atomic E-state index is -1.08. The lowest BCUT2D eigenvalue weighted by molar-refractivity contribution is -0.297. The van der Waals surface area contributed by atoms with E-state index in [1.165, 1.54) is 0 Å². The third kappa shape index (κ3) is 6.79. The maximum Gasteiger partial charge on any atom is 0.184 e. The zero-order chi connectivity index (χ0) is 20.4. The SMILES string of the molecule is CCCCO[C@@H]1[C@@H](OCCCC)[C@H](C)[C@@H](COC(O)c2ccccc2)O[C@H]1O. The van der Waals surface area contributed by atoms with E-state index in [-0.39, 0.29) is 18.6 Å². The zero-order valence-electron chi connectivity index (χ0n) is 17.3. The third-order valence-corrected chi connectivity index (χ3v) is 5.14. The van der Waals surface area contributed by atoms with Gasteiger partial charge in [-0.15, -0.1) is 0 Å². The summed E-state index contributed by atoms with van der Waals surface area (Å²) in [7, 11) is 0. The molecule has 2 N–H and O–H groups in total. The number of hydrogen-bond acceptors (Lipinski definition) is 6. The van der Waals surface area contributed by atoms with Crippen LogP contribution < -0.4 is 0 Å². The van der Waals surface area contributed by atoms with Crippen LogP contribution in [0.1, 0.15) is 58.3 Å². The van der Waals surface area contributed by atoms with E-state index in [2.05, 4.69) is 13.8 Å². The molecule has 0 radical (unpaired) electrons. The average molecular weight is 397 g/mol.